The first-order valence-corrected chi connectivity index (χ1v) is 7.57. The van der Waals surface area contributed by atoms with Gasteiger partial charge in [-0.05, 0) is 43.5 Å². The first kappa shape index (κ1) is 14.0. The van der Waals surface area contributed by atoms with Crippen molar-refractivity contribution in [2.45, 2.75) is 25.8 Å². The molecule has 1 fully saturated rings. The van der Waals surface area contributed by atoms with Gasteiger partial charge in [0.25, 0.3) is 5.91 Å². The van der Waals surface area contributed by atoms with Crippen LogP contribution in [0.4, 0.5) is 11.5 Å². The monoisotopic (exact) mass is 346 g/mol. The number of carbonyl (C=O) groups is 1. The summed E-state index contributed by atoms with van der Waals surface area (Å²) in [5.74, 6) is 0.461. The molecule has 1 aromatic carbocycles. The summed E-state index contributed by atoms with van der Waals surface area (Å²) in [6, 6.07) is 7.83. The highest BCUT2D eigenvalue weighted by Crippen LogP contribution is 2.24. The van der Waals surface area contributed by atoms with Crippen molar-refractivity contribution in [2.75, 3.05) is 10.6 Å². The SMILES string of the molecule is Cc1cc(NC(=O)c2cc(NC3CC3)ncn2)ccc1Br. The van der Waals surface area contributed by atoms with Crippen LogP contribution < -0.4 is 10.6 Å². The van der Waals surface area contributed by atoms with E-state index in [4.69, 9.17) is 0 Å². The van der Waals surface area contributed by atoms with Gasteiger partial charge in [-0.15, -0.1) is 0 Å². The molecule has 0 atom stereocenters. The third-order valence-electron chi connectivity index (χ3n) is 3.24. The maximum absolute atomic E-state index is 12.2. The first-order valence-electron chi connectivity index (χ1n) is 6.78. The standard InChI is InChI=1S/C15H15BrN4O/c1-9-6-11(4-5-12(9)16)20-15(21)13-7-14(18-8-17-13)19-10-2-3-10/h4-8,10H,2-3H2,1H3,(H,20,21)(H,17,18,19). The lowest BCUT2D eigenvalue weighted by Gasteiger charge is -2.08. The maximum atomic E-state index is 12.2. The Labute approximate surface area is 131 Å². The molecule has 0 radical (unpaired) electrons. The zero-order valence-electron chi connectivity index (χ0n) is 11.6. The number of benzene rings is 1. The molecule has 3 rings (SSSR count). The van der Waals surface area contributed by atoms with Gasteiger partial charge in [0.2, 0.25) is 0 Å². The number of amides is 1. The van der Waals surface area contributed by atoms with E-state index in [0.717, 1.165) is 28.6 Å². The van der Waals surface area contributed by atoms with Crippen LogP contribution in [0.3, 0.4) is 0 Å². The van der Waals surface area contributed by atoms with Gasteiger partial charge in [-0.2, -0.15) is 0 Å². The molecular weight excluding hydrogens is 332 g/mol. The normalized spacial score (nSPS) is 13.8. The molecule has 1 aliphatic carbocycles. The Morgan fingerprint density at radius 2 is 2.10 bits per heavy atom. The molecule has 2 N–H and O–H groups in total. The molecule has 0 aliphatic heterocycles. The van der Waals surface area contributed by atoms with E-state index in [1.54, 1.807) is 6.07 Å². The van der Waals surface area contributed by atoms with Crippen molar-refractivity contribution in [3.05, 3.63) is 46.3 Å². The van der Waals surface area contributed by atoms with Crippen molar-refractivity contribution < 1.29 is 4.79 Å². The summed E-state index contributed by atoms with van der Waals surface area (Å²) in [5, 5.41) is 6.10. The zero-order chi connectivity index (χ0) is 14.8. The van der Waals surface area contributed by atoms with E-state index in [-0.39, 0.29) is 5.91 Å². The molecule has 108 valence electrons. The summed E-state index contributed by atoms with van der Waals surface area (Å²) >= 11 is 3.44. The second-order valence-corrected chi connectivity index (χ2v) is 5.98. The predicted molar refractivity (Wildman–Crippen MR) is 85.5 cm³/mol. The molecule has 0 spiro atoms. The van der Waals surface area contributed by atoms with Crippen LogP contribution in [-0.4, -0.2) is 21.9 Å². The Kier molecular flexibility index (Phi) is 3.88. The molecule has 2 aromatic rings. The Balaban J connectivity index is 1.73. The van der Waals surface area contributed by atoms with Gasteiger partial charge in [-0.1, -0.05) is 15.9 Å². The highest BCUT2D eigenvalue weighted by Gasteiger charge is 2.21. The van der Waals surface area contributed by atoms with Gasteiger partial charge >= 0.3 is 0 Å². The van der Waals surface area contributed by atoms with Crippen molar-refractivity contribution >= 4 is 33.3 Å². The highest BCUT2D eigenvalue weighted by atomic mass is 79.9. The summed E-state index contributed by atoms with van der Waals surface area (Å²) in [7, 11) is 0. The average Bonchev–Trinajstić information content (AvgIpc) is 3.27. The van der Waals surface area contributed by atoms with Gasteiger partial charge in [0, 0.05) is 22.3 Å². The van der Waals surface area contributed by atoms with E-state index in [0.29, 0.717) is 17.6 Å². The van der Waals surface area contributed by atoms with Gasteiger partial charge < -0.3 is 10.6 Å². The minimum Gasteiger partial charge on any atom is -0.367 e. The van der Waals surface area contributed by atoms with Gasteiger partial charge in [0.05, 0.1) is 0 Å². The highest BCUT2D eigenvalue weighted by molar-refractivity contribution is 9.10. The molecule has 1 saturated carbocycles. The number of halogens is 1. The Bertz CT molecular complexity index is 685. The molecule has 5 nitrogen and oxygen atoms in total. The van der Waals surface area contributed by atoms with Crippen molar-refractivity contribution in [3.63, 3.8) is 0 Å². The van der Waals surface area contributed by atoms with Gasteiger partial charge in [0.1, 0.15) is 17.8 Å². The second kappa shape index (κ2) is 5.81. The summed E-state index contributed by atoms with van der Waals surface area (Å²) in [6.45, 7) is 1.97. The van der Waals surface area contributed by atoms with Crippen LogP contribution in [0.1, 0.15) is 28.9 Å². The van der Waals surface area contributed by atoms with Gasteiger partial charge in [-0.25, -0.2) is 9.97 Å². The molecule has 1 amide bonds. The lowest BCUT2D eigenvalue weighted by molar-refractivity contribution is 0.102. The number of rotatable bonds is 4. The van der Waals surface area contributed by atoms with Gasteiger partial charge in [-0.3, -0.25) is 4.79 Å². The average molecular weight is 347 g/mol. The molecule has 0 unspecified atom stereocenters. The summed E-state index contributed by atoms with van der Waals surface area (Å²) in [6.07, 6.45) is 3.72. The molecule has 21 heavy (non-hydrogen) atoms. The van der Waals surface area contributed by atoms with Crippen LogP contribution in [-0.2, 0) is 0 Å². The Morgan fingerprint density at radius 1 is 1.29 bits per heavy atom. The van der Waals surface area contributed by atoms with E-state index >= 15 is 0 Å². The fourth-order valence-electron chi connectivity index (χ4n) is 1.91. The minimum absolute atomic E-state index is 0.238. The molecule has 1 aliphatic rings. The topological polar surface area (TPSA) is 66.9 Å². The first-order chi connectivity index (χ1) is 10.1. The second-order valence-electron chi connectivity index (χ2n) is 5.13. The minimum atomic E-state index is -0.238. The van der Waals surface area contributed by atoms with E-state index in [1.165, 1.54) is 6.33 Å². The van der Waals surface area contributed by atoms with E-state index < -0.39 is 0 Å². The van der Waals surface area contributed by atoms with Crippen molar-refractivity contribution in [1.29, 1.82) is 0 Å². The van der Waals surface area contributed by atoms with E-state index in [2.05, 4.69) is 36.5 Å². The number of nitrogens with one attached hydrogen (secondary N) is 2. The summed E-state index contributed by atoms with van der Waals surface area (Å²) in [4.78, 5) is 20.4. The van der Waals surface area contributed by atoms with Crippen LogP contribution in [0, 0.1) is 6.92 Å². The lowest BCUT2D eigenvalue weighted by atomic mass is 10.2. The number of carbonyl (C=O) groups excluding carboxylic acids is 1. The van der Waals surface area contributed by atoms with E-state index in [9.17, 15) is 4.79 Å². The quantitative estimate of drug-likeness (QED) is 0.890. The lowest BCUT2D eigenvalue weighted by Crippen LogP contribution is -2.15. The van der Waals surface area contributed by atoms with Crippen LogP contribution in [0.25, 0.3) is 0 Å². The maximum Gasteiger partial charge on any atom is 0.274 e. The molecule has 6 heteroatoms. The predicted octanol–water partition coefficient (Wildman–Crippen LogP) is 3.37. The third-order valence-corrected chi connectivity index (χ3v) is 4.13. The van der Waals surface area contributed by atoms with Gasteiger partial charge in [0.15, 0.2) is 0 Å². The molecule has 0 saturated heterocycles. The fraction of sp³-hybridized carbons (Fsp3) is 0.267. The number of hydrogen-bond acceptors (Lipinski definition) is 4. The zero-order valence-corrected chi connectivity index (χ0v) is 13.1. The summed E-state index contributed by atoms with van der Waals surface area (Å²) in [5.41, 5.74) is 2.16. The number of anilines is 2. The largest absolute Gasteiger partial charge is 0.367 e. The Morgan fingerprint density at radius 3 is 2.81 bits per heavy atom. The van der Waals surface area contributed by atoms with Crippen LogP contribution in [0.2, 0.25) is 0 Å². The van der Waals surface area contributed by atoms with Crippen LogP contribution in [0.15, 0.2) is 35.1 Å². The molecule has 1 aromatic heterocycles. The number of aromatic nitrogens is 2. The molecular formula is C15H15BrN4O. The molecule has 1 heterocycles. The Hall–Kier alpha value is -1.95. The van der Waals surface area contributed by atoms with Crippen LogP contribution in [0.5, 0.6) is 0 Å². The van der Waals surface area contributed by atoms with Crippen LogP contribution >= 0.6 is 15.9 Å². The van der Waals surface area contributed by atoms with E-state index in [1.807, 2.05) is 25.1 Å². The number of nitrogens with zero attached hydrogens (tertiary/aromatic N) is 2. The fourth-order valence-corrected chi connectivity index (χ4v) is 2.16. The van der Waals surface area contributed by atoms with Crippen molar-refractivity contribution in [2.24, 2.45) is 0 Å². The smallest absolute Gasteiger partial charge is 0.274 e. The van der Waals surface area contributed by atoms with Crippen molar-refractivity contribution in [3.8, 4) is 0 Å². The number of hydrogen-bond donors (Lipinski definition) is 2. The number of aryl methyl sites for hydroxylation is 1. The summed E-state index contributed by atoms with van der Waals surface area (Å²) < 4.78 is 1.01. The molecule has 0 bridgehead atoms. The third kappa shape index (κ3) is 3.58. The van der Waals surface area contributed by atoms with Crippen molar-refractivity contribution in [1.82, 2.24) is 9.97 Å².